The normalized spacial score (nSPS) is 11.3. The van der Waals surface area contributed by atoms with Crippen molar-refractivity contribution in [3.05, 3.63) is 194 Å². The lowest BCUT2D eigenvalue weighted by molar-refractivity contribution is 1.07. The highest BCUT2D eigenvalue weighted by molar-refractivity contribution is 6.10. The fraction of sp³-hybridized carbons (Fsp3) is 0.0200. The van der Waals surface area contributed by atoms with Crippen molar-refractivity contribution in [2.45, 2.75) is 6.92 Å². The van der Waals surface area contributed by atoms with Gasteiger partial charge in [0.2, 0.25) is 0 Å². The second kappa shape index (κ2) is 14.0. The number of para-hydroxylation sites is 1. The molecule has 56 heavy (non-hydrogen) atoms. The van der Waals surface area contributed by atoms with Crippen molar-refractivity contribution in [1.82, 2.24) is 29.5 Å². The van der Waals surface area contributed by atoms with Crippen molar-refractivity contribution >= 4 is 21.8 Å². The molecule has 7 aromatic carbocycles. The van der Waals surface area contributed by atoms with Gasteiger partial charge < -0.3 is 4.57 Å². The first-order chi connectivity index (χ1) is 27.7. The van der Waals surface area contributed by atoms with Gasteiger partial charge in [-0.25, -0.2) is 24.9 Å². The largest absolute Gasteiger partial charge is 0.309 e. The zero-order chi connectivity index (χ0) is 37.4. The maximum Gasteiger partial charge on any atom is 0.164 e. The minimum atomic E-state index is 0.573. The average Bonchev–Trinajstić information content (AvgIpc) is 3.60. The summed E-state index contributed by atoms with van der Waals surface area (Å²) in [5.74, 6) is 2.44. The molecule has 0 N–H and O–H groups in total. The van der Waals surface area contributed by atoms with Gasteiger partial charge in [-0.15, -0.1) is 0 Å². The maximum absolute atomic E-state index is 5.34. The van der Waals surface area contributed by atoms with E-state index in [0.29, 0.717) is 23.3 Å². The standard InChI is InChI=1S/C50H34N6/c1-33-26-28-40-39-24-14-15-25-44(39)56(46(40)30-33)45-29-27-38(50-54-48(36-20-10-4-11-21-36)53-49(55-50)37-22-12-5-13-23-37)31-41(45)43-32-42(34-16-6-2-7-17-34)51-47(52-43)35-18-8-3-9-19-35/h2-32H,1H3. The summed E-state index contributed by atoms with van der Waals surface area (Å²) < 4.78 is 2.36. The Labute approximate surface area is 324 Å². The maximum atomic E-state index is 5.34. The van der Waals surface area contributed by atoms with Crippen LogP contribution in [0.15, 0.2) is 188 Å². The predicted molar refractivity (Wildman–Crippen MR) is 227 cm³/mol. The van der Waals surface area contributed by atoms with E-state index in [1.165, 1.54) is 16.3 Å². The summed E-state index contributed by atoms with van der Waals surface area (Å²) in [6.07, 6.45) is 0. The Hall–Kier alpha value is -7.57. The summed E-state index contributed by atoms with van der Waals surface area (Å²) in [4.78, 5) is 25.6. The van der Waals surface area contributed by atoms with Gasteiger partial charge in [0.25, 0.3) is 0 Å². The van der Waals surface area contributed by atoms with Crippen LogP contribution in [0.4, 0.5) is 0 Å². The number of benzene rings is 7. The van der Waals surface area contributed by atoms with E-state index in [1.807, 2.05) is 97.1 Å². The quantitative estimate of drug-likeness (QED) is 0.164. The molecule has 3 heterocycles. The van der Waals surface area contributed by atoms with E-state index in [4.69, 9.17) is 24.9 Å². The van der Waals surface area contributed by atoms with Gasteiger partial charge in [0.1, 0.15) is 0 Å². The van der Waals surface area contributed by atoms with Crippen LogP contribution in [0.1, 0.15) is 5.56 Å². The van der Waals surface area contributed by atoms with Crippen LogP contribution in [0.25, 0.3) is 95.6 Å². The summed E-state index contributed by atoms with van der Waals surface area (Å²) in [5, 5.41) is 2.38. The molecule has 0 unspecified atom stereocenters. The number of nitrogens with zero attached hydrogens (tertiary/aromatic N) is 6. The predicted octanol–water partition coefficient (Wildman–Crippen LogP) is 12.1. The number of fused-ring (bicyclic) bond motifs is 3. The second-order valence-electron chi connectivity index (χ2n) is 13.8. The fourth-order valence-corrected chi connectivity index (χ4v) is 7.41. The highest BCUT2D eigenvalue weighted by Gasteiger charge is 2.21. The number of hydrogen-bond acceptors (Lipinski definition) is 5. The highest BCUT2D eigenvalue weighted by atomic mass is 15.0. The molecule has 0 saturated carbocycles. The minimum Gasteiger partial charge on any atom is -0.309 e. The van der Waals surface area contributed by atoms with E-state index in [1.54, 1.807) is 0 Å². The first kappa shape index (κ1) is 33.0. The summed E-state index contributed by atoms with van der Waals surface area (Å²) >= 11 is 0. The molecule has 0 radical (unpaired) electrons. The topological polar surface area (TPSA) is 69.4 Å². The molecular formula is C50H34N6. The van der Waals surface area contributed by atoms with E-state index in [9.17, 15) is 0 Å². The molecule has 264 valence electrons. The number of aromatic nitrogens is 6. The van der Waals surface area contributed by atoms with Gasteiger partial charge in [0.05, 0.1) is 28.1 Å². The molecule has 0 amide bonds. The summed E-state index contributed by atoms with van der Waals surface area (Å²) in [5.41, 5.74) is 11.6. The molecule has 10 aromatic rings. The first-order valence-electron chi connectivity index (χ1n) is 18.7. The van der Waals surface area contributed by atoms with Crippen LogP contribution >= 0.6 is 0 Å². The van der Waals surface area contributed by atoms with Crippen molar-refractivity contribution < 1.29 is 0 Å². The Kier molecular flexibility index (Phi) is 8.26. The van der Waals surface area contributed by atoms with Gasteiger partial charge in [-0.05, 0) is 48.9 Å². The van der Waals surface area contributed by atoms with Crippen LogP contribution in [-0.2, 0) is 0 Å². The molecule has 10 rings (SSSR count). The van der Waals surface area contributed by atoms with Gasteiger partial charge in [-0.3, -0.25) is 0 Å². The van der Waals surface area contributed by atoms with Crippen LogP contribution < -0.4 is 0 Å². The third kappa shape index (κ3) is 6.09. The van der Waals surface area contributed by atoms with E-state index in [0.717, 1.165) is 61.5 Å². The molecule has 0 aliphatic carbocycles. The molecule has 3 aromatic heterocycles. The fourth-order valence-electron chi connectivity index (χ4n) is 7.41. The van der Waals surface area contributed by atoms with Crippen molar-refractivity contribution in [3.63, 3.8) is 0 Å². The summed E-state index contributed by atoms with van der Waals surface area (Å²) in [7, 11) is 0. The molecule has 0 aliphatic rings. The molecule has 6 heteroatoms. The van der Waals surface area contributed by atoms with Crippen molar-refractivity contribution in [3.8, 4) is 73.8 Å². The minimum absolute atomic E-state index is 0.573. The highest BCUT2D eigenvalue weighted by Crippen LogP contribution is 2.39. The van der Waals surface area contributed by atoms with Gasteiger partial charge in [-0.1, -0.05) is 152 Å². The number of hydrogen-bond donors (Lipinski definition) is 0. The van der Waals surface area contributed by atoms with Crippen molar-refractivity contribution in [2.75, 3.05) is 0 Å². The van der Waals surface area contributed by atoms with Gasteiger partial charge in [0.15, 0.2) is 23.3 Å². The molecule has 0 spiro atoms. The van der Waals surface area contributed by atoms with E-state index in [-0.39, 0.29) is 0 Å². The Bertz CT molecular complexity index is 2900. The van der Waals surface area contributed by atoms with E-state index >= 15 is 0 Å². The number of aryl methyl sites for hydroxylation is 1. The average molecular weight is 719 g/mol. The van der Waals surface area contributed by atoms with Gasteiger partial charge >= 0.3 is 0 Å². The van der Waals surface area contributed by atoms with Crippen LogP contribution in [0.3, 0.4) is 0 Å². The molecular weight excluding hydrogens is 685 g/mol. The monoisotopic (exact) mass is 718 g/mol. The lowest BCUT2D eigenvalue weighted by atomic mass is 10.0. The lowest BCUT2D eigenvalue weighted by Crippen LogP contribution is -2.03. The SMILES string of the molecule is Cc1ccc2c3ccccc3n(-c3ccc(-c4nc(-c5ccccc5)nc(-c5ccccc5)n4)cc3-c3cc(-c4ccccc4)nc(-c4ccccc4)n3)c2c1. The summed E-state index contributed by atoms with van der Waals surface area (Å²) in [6, 6.07) is 64.5. The Morgan fingerprint density at radius 2 is 0.821 bits per heavy atom. The van der Waals surface area contributed by atoms with Gasteiger partial charge in [0, 0.05) is 44.2 Å². The molecule has 0 fully saturated rings. The third-order valence-electron chi connectivity index (χ3n) is 10.1. The second-order valence-corrected chi connectivity index (χ2v) is 13.8. The molecule has 0 bridgehead atoms. The van der Waals surface area contributed by atoms with Crippen LogP contribution in [-0.4, -0.2) is 29.5 Å². The summed E-state index contributed by atoms with van der Waals surface area (Å²) in [6.45, 7) is 2.14. The number of rotatable bonds is 7. The zero-order valence-electron chi connectivity index (χ0n) is 30.6. The Morgan fingerprint density at radius 3 is 1.43 bits per heavy atom. The third-order valence-corrected chi connectivity index (χ3v) is 10.1. The smallest absolute Gasteiger partial charge is 0.164 e. The van der Waals surface area contributed by atoms with Crippen LogP contribution in [0, 0.1) is 6.92 Å². The van der Waals surface area contributed by atoms with Crippen molar-refractivity contribution in [1.29, 1.82) is 0 Å². The van der Waals surface area contributed by atoms with E-state index < -0.39 is 0 Å². The van der Waals surface area contributed by atoms with Gasteiger partial charge in [-0.2, -0.15) is 0 Å². The molecule has 6 nitrogen and oxygen atoms in total. The Morgan fingerprint density at radius 1 is 0.339 bits per heavy atom. The zero-order valence-corrected chi connectivity index (χ0v) is 30.6. The first-order valence-corrected chi connectivity index (χ1v) is 18.7. The van der Waals surface area contributed by atoms with Crippen LogP contribution in [0.2, 0.25) is 0 Å². The molecule has 0 saturated heterocycles. The molecule has 0 atom stereocenters. The van der Waals surface area contributed by atoms with Crippen molar-refractivity contribution in [2.24, 2.45) is 0 Å². The molecule has 0 aliphatic heterocycles. The Balaban J connectivity index is 1.28. The van der Waals surface area contributed by atoms with Crippen LogP contribution in [0.5, 0.6) is 0 Å². The lowest BCUT2D eigenvalue weighted by Gasteiger charge is -2.17. The van der Waals surface area contributed by atoms with E-state index in [2.05, 4.69) is 102 Å².